The van der Waals surface area contributed by atoms with Gasteiger partial charge in [0.2, 0.25) is 0 Å². The molecular weight excluding hydrogens is 621 g/mol. The maximum absolute atomic E-state index is 14.4. The third kappa shape index (κ3) is 5.19. The minimum absolute atomic E-state index is 0.0458. The summed E-state index contributed by atoms with van der Waals surface area (Å²) in [5.41, 5.74) is 11.8. The monoisotopic (exact) mass is 652 g/mol. The SMILES string of the molecule is O=C1c2ccccc2C(c2ccccc2)(c2ccccc2)c2ccc(-c3ccc(-c4cc(-c5ccccc5)nc(-c5ccccc5)n4)cc3)cc21. The first-order valence-electron chi connectivity index (χ1n) is 17.2. The van der Waals surface area contributed by atoms with Gasteiger partial charge in [0.1, 0.15) is 0 Å². The zero-order chi connectivity index (χ0) is 34.2. The normalized spacial score (nSPS) is 12.9. The average molecular weight is 653 g/mol. The minimum atomic E-state index is -0.648. The number of carbonyl (C=O) groups is 1. The van der Waals surface area contributed by atoms with E-state index in [9.17, 15) is 4.79 Å². The van der Waals surface area contributed by atoms with Crippen molar-refractivity contribution in [2.24, 2.45) is 0 Å². The summed E-state index contributed by atoms with van der Waals surface area (Å²) in [5, 5.41) is 0. The van der Waals surface area contributed by atoms with Crippen LogP contribution < -0.4 is 0 Å². The van der Waals surface area contributed by atoms with Gasteiger partial charge in [-0.1, -0.05) is 182 Å². The number of hydrogen-bond acceptors (Lipinski definition) is 3. The molecule has 1 aliphatic carbocycles. The van der Waals surface area contributed by atoms with Gasteiger partial charge < -0.3 is 0 Å². The Morgan fingerprint density at radius 2 is 0.804 bits per heavy atom. The van der Waals surface area contributed by atoms with Gasteiger partial charge in [0.15, 0.2) is 11.6 Å². The van der Waals surface area contributed by atoms with Crippen LogP contribution in [0.15, 0.2) is 194 Å². The largest absolute Gasteiger partial charge is 0.289 e. The van der Waals surface area contributed by atoms with E-state index in [4.69, 9.17) is 9.97 Å². The lowest BCUT2D eigenvalue weighted by atomic mass is 9.59. The lowest BCUT2D eigenvalue weighted by Crippen LogP contribution is -2.38. The van der Waals surface area contributed by atoms with E-state index in [1.807, 2.05) is 78.9 Å². The molecule has 0 atom stereocenters. The molecule has 0 N–H and O–H groups in total. The molecule has 0 spiro atoms. The van der Waals surface area contributed by atoms with Crippen molar-refractivity contribution in [2.45, 2.75) is 5.41 Å². The second kappa shape index (κ2) is 12.6. The fraction of sp³-hybridized carbons (Fsp3) is 0.0208. The van der Waals surface area contributed by atoms with Crippen LogP contribution in [0.25, 0.3) is 45.0 Å². The van der Waals surface area contributed by atoms with E-state index in [1.54, 1.807) is 0 Å². The highest BCUT2D eigenvalue weighted by molar-refractivity contribution is 6.14. The molecule has 3 nitrogen and oxygen atoms in total. The van der Waals surface area contributed by atoms with Crippen LogP contribution in [0.4, 0.5) is 0 Å². The van der Waals surface area contributed by atoms with E-state index in [1.165, 1.54) is 0 Å². The summed E-state index contributed by atoms with van der Waals surface area (Å²) in [6, 6.07) is 66.4. The second-order valence-corrected chi connectivity index (χ2v) is 12.9. The number of fused-ring (bicyclic) bond motifs is 2. The molecule has 1 aromatic heterocycles. The number of nitrogens with zero attached hydrogens (tertiary/aromatic N) is 2. The van der Waals surface area contributed by atoms with Crippen LogP contribution in [-0.2, 0) is 5.41 Å². The highest BCUT2D eigenvalue weighted by Crippen LogP contribution is 2.51. The first kappa shape index (κ1) is 30.4. The number of carbonyl (C=O) groups excluding carboxylic acids is 1. The summed E-state index contributed by atoms with van der Waals surface area (Å²) in [6.07, 6.45) is 0. The lowest BCUT2D eigenvalue weighted by Gasteiger charge is -2.41. The Bertz CT molecular complexity index is 2410. The topological polar surface area (TPSA) is 42.9 Å². The number of aromatic nitrogens is 2. The summed E-state index contributed by atoms with van der Waals surface area (Å²) in [5.74, 6) is 0.731. The van der Waals surface area contributed by atoms with Gasteiger partial charge in [-0.15, -0.1) is 0 Å². The standard InChI is InChI=1S/C48H32N2O/c51-46-40-23-13-14-24-42(40)48(38-19-9-3-10-20-38,39-21-11-4-12-22-39)43-30-29-37(31-41(43)46)33-25-27-35(28-26-33)45-32-44(34-15-5-1-6-16-34)49-47(50-45)36-17-7-2-8-18-36/h1-32H. The first-order valence-corrected chi connectivity index (χ1v) is 17.2. The van der Waals surface area contributed by atoms with Gasteiger partial charge in [0.05, 0.1) is 16.8 Å². The molecule has 0 aliphatic heterocycles. The third-order valence-electron chi connectivity index (χ3n) is 10.00. The molecule has 0 unspecified atom stereocenters. The van der Waals surface area contributed by atoms with Gasteiger partial charge in [-0.3, -0.25) is 4.79 Å². The molecule has 1 heterocycles. The highest BCUT2D eigenvalue weighted by atomic mass is 16.1. The first-order chi connectivity index (χ1) is 25.2. The van der Waals surface area contributed by atoms with E-state index in [2.05, 4.69) is 115 Å². The van der Waals surface area contributed by atoms with E-state index in [0.29, 0.717) is 5.82 Å². The van der Waals surface area contributed by atoms with Crippen molar-refractivity contribution in [3.8, 4) is 45.0 Å². The van der Waals surface area contributed by atoms with Crippen LogP contribution in [0, 0.1) is 0 Å². The quantitative estimate of drug-likeness (QED) is 0.180. The number of benzene rings is 7. The maximum atomic E-state index is 14.4. The highest BCUT2D eigenvalue weighted by Gasteiger charge is 2.46. The lowest BCUT2D eigenvalue weighted by molar-refractivity contribution is 0.103. The zero-order valence-electron chi connectivity index (χ0n) is 27.8. The van der Waals surface area contributed by atoms with Crippen molar-refractivity contribution < 1.29 is 4.79 Å². The van der Waals surface area contributed by atoms with Gasteiger partial charge in [-0.25, -0.2) is 9.97 Å². The van der Waals surface area contributed by atoms with Gasteiger partial charge >= 0.3 is 0 Å². The van der Waals surface area contributed by atoms with Crippen LogP contribution in [0.5, 0.6) is 0 Å². The summed E-state index contributed by atoms with van der Waals surface area (Å²) in [7, 11) is 0. The molecule has 3 heteroatoms. The van der Waals surface area contributed by atoms with Crippen LogP contribution >= 0.6 is 0 Å². The van der Waals surface area contributed by atoms with Crippen molar-refractivity contribution in [3.05, 3.63) is 228 Å². The Kier molecular flexibility index (Phi) is 7.52. The Morgan fingerprint density at radius 3 is 1.41 bits per heavy atom. The average Bonchev–Trinajstić information content (AvgIpc) is 3.22. The maximum Gasteiger partial charge on any atom is 0.193 e. The van der Waals surface area contributed by atoms with Crippen LogP contribution in [0.2, 0.25) is 0 Å². The molecule has 0 saturated heterocycles. The predicted molar refractivity (Wildman–Crippen MR) is 206 cm³/mol. The van der Waals surface area contributed by atoms with E-state index >= 15 is 0 Å². The molecule has 1 aliphatic rings. The molecule has 0 saturated carbocycles. The Morgan fingerprint density at radius 1 is 0.353 bits per heavy atom. The molecule has 8 aromatic rings. The molecule has 0 bridgehead atoms. The molecule has 0 amide bonds. The second-order valence-electron chi connectivity index (χ2n) is 12.9. The molecule has 9 rings (SSSR count). The summed E-state index contributed by atoms with van der Waals surface area (Å²) >= 11 is 0. The number of ketones is 1. The van der Waals surface area contributed by atoms with Crippen LogP contribution in [0.3, 0.4) is 0 Å². The molecule has 7 aromatic carbocycles. The van der Waals surface area contributed by atoms with Crippen molar-refractivity contribution in [1.82, 2.24) is 9.97 Å². The molecule has 240 valence electrons. The van der Waals surface area contributed by atoms with Gasteiger partial charge in [-0.05, 0) is 45.5 Å². The fourth-order valence-corrected chi connectivity index (χ4v) is 7.60. The van der Waals surface area contributed by atoms with Crippen molar-refractivity contribution in [2.75, 3.05) is 0 Å². The third-order valence-corrected chi connectivity index (χ3v) is 10.00. The number of rotatable bonds is 6. The Balaban J connectivity index is 1.16. The molecular formula is C48H32N2O. The van der Waals surface area contributed by atoms with Crippen LogP contribution in [-0.4, -0.2) is 15.8 Å². The summed E-state index contributed by atoms with van der Waals surface area (Å²) < 4.78 is 0. The van der Waals surface area contributed by atoms with Crippen molar-refractivity contribution in [3.63, 3.8) is 0 Å². The van der Waals surface area contributed by atoms with E-state index in [-0.39, 0.29) is 5.78 Å². The molecule has 0 radical (unpaired) electrons. The smallest absolute Gasteiger partial charge is 0.193 e. The van der Waals surface area contributed by atoms with Gasteiger partial charge in [0, 0.05) is 27.8 Å². The zero-order valence-corrected chi connectivity index (χ0v) is 27.8. The number of hydrogen-bond donors (Lipinski definition) is 0. The summed E-state index contributed by atoms with van der Waals surface area (Å²) in [6.45, 7) is 0. The molecule has 51 heavy (non-hydrogen) atoms. The Labute approximate surface area is 297 Å². The van der Waals surface area contributed by atoms with E-state index < -0.39 is 5.41 Å². The Hall–Kier alpha value is -6.71. The van der Waals surface area contributed by atoms with Gasteiger partial charge in [-0.2, -0.15) is 0 Å². The summed E-state index contributed by atoms with van der Waals surface area (Å²) in [4.78, 5) is 24.3. The molecule has 0 fully saturated rings. The van der Waals surface area contributed by atoms with E-state index in [0.717, 1.165) is 72.6 Å². The van der Waals surface area contributed by atoms with Crippen molar-refractivity contribution in [1.29, 1.82) is 0 Å². The fourth-order valence-electron chi connectivity index (χ4n) is 7.60. The minimum Gasteiger partial charge on any atom is -0.289 e. The van der Waals surface area contributed by atoms with Crippen molar-refractivity contribution >= 4 is 5.78 Å². The van der Waals surface area contributed by atoms with Gasteiger partial charge in [0.25, 0.3) is 0 Å². The van der Waals surface area contributed by atoms with Crippen LogP contribution in [0.1, 0.15) is 38.2 Å². The predicted octanol–water partition coefficient (Wildman–Crippen LogP) is 11.1.